The number of nitrogens with two attached hydrogens (primary N) is 2. The van der Waals surface area contributed by atoms with Crippen molar-refractivity contribution in [2.24, 2.45) is 23.3 Å². The fraction of sp³-hybridized carbons (Fsp3) is 0.500. The largest absolute Gasteiger partial charge is 0.478 e. The van der Waals surface area contributed by atoms with Crippen LogP contribution in [0.1, 0.15) is 124 Å². The summed E-state index contributed by atoms with van der Waals surface area (Å²) < 4.78 is 15.8. The highest BCUT2D eigenvalue weighted by Gasteiger charge is 2.31. The minimum absolute atomic E-state index is 0.141. The minimum Gasteiger partial charge on any atom is -0.478 e. The Kier molecular flexibility index (Phi) is 15.7. The van der Waals surface area contributed by atoms with Gasteiger partial charge in [-0.2, -0.15) is 0 Å². The standard InChI is InChI=1S/C44H58N4O10/c1-25(2)39(43(53)54)57-31-21-17-19-29-35(31)33(37(49)41(45)51)27(5)47(29)23-15-13-11-9-7-8-10-12-14-16-24-48-28(6)34(38(50)42(46)52)36-30(48)20-18-22-32(36)58-40(26(3)4)44(55)56/h17-22,25-26,39-40H,7-16,23-24H2,1-6H3,(H2,45,51)(H2,46,52)(H,53,54)(H,55,56). The molecule has 0 bridgehead atoms. The van der Waals surface area contributed by atoms with Gasteiger partial charge in [-0.25, -0.2) is 9.59 Å². The first kappa shape index (κ1) is 45.0. The molecule has 14 nitrogen and oxygen atoms in total. The number of nitrogens with zero attached hydrogens (tertiary/aromatic N) is 2. The summed E-state index contributed by atoms with van der Waals surface area (Å²) in [4.78, 5) is 73.8. The van der Waals surface area contributed by atoms with Crippen LogP contribution in [-0.2, 0) is 32.3 Å². The number of amides is 2. The zero-order chi connectivity index (χ0) is 42.8. The number of ether oxygens (including phenoxy) is 2. The lowest BCUT2D eigenvalue weighted by atomic mass is 10.0. The van der Waals surface area contributed by atoms with Crippen LogP contribution < -0.4 is 20.9 Å². The summed E-state index contributed by atoms with van der Waals surface area (Å²) in [6.45, 7) is 11.7. The van der Waals surface area contributed by atoms with Crippen LogP contribution in [0, 0.1) is 25.7 Å². The molecule has 0 aliphatic rings. The molecule has 0 aliphatic heterocycles. The third kappa shape index (κ3) is 10.3. The van der Waals surface area contributed by atoms with E-state index in [0.717, 1.165) is 64.2 Å². The Hall–Kier alpha value is -5.66. The van der Waals surface area contributed by atoms with Crippen molar-refractivity contribution in [3.63, 3.8) is 0 Å². The highest BCUT2D eigenvalue weighted by molar-refractivity contribution is 6.45. The molecule has 58 heavy (non-hydrogen) atoms. The number of carboxylic acid groups (broad SMARTS) is 2. The molecular formula is C44H58N4O10. The Morgan fingerprint density at radius 2 is 0.862 bits per heavy atom. The van der Waals surface area contributed by atoms with Crippen molar-refractivity contribution in [1.29, 1.82) is 0 Å². The zero-order valence-corrected chi connectivity index (χ0v) is 34.5. The number of hydrogen-bond donors (Lipinski definition) is 4. The maximum absolute atomic E-state index is 13.0. The Labute approximate surface area is 338 Å². The summed E-state index contributed by atoms with van der Waals surface area (Å²) >= 11 is 0. The van der Waals surface area contributed by atoms with Crippen molar-refractivity contribution in [3.8, 4) is 11.5 Å². The van der Waals surface area contributed by atoms with E-state index in [1.807, 2.05) is 21.3 Å². The number of Topliss-reactive ketones (excluding diaryl/α,β-unsaturated/α-hetero) is 2. The van der Waals surface area contributed by atoms with Crippen molar-refractivity contribution in [2.45, 2.75) is 131 Å². The van der Waals surface area contributed by atoms with Gasteiger partial charge in [0.2, 0.25) is 0 Å². The lowest BCUT2D eigenvalue weighted by molar-refractivity contribution is -0.147. The third-order valence-electron chi connectivity index (χ3n) is 10.7. The maximum Gasteiger partial charge on any atom is 0.345 e. The lowest BCUT2D eigenvalue weighted by Gasteiger charge is -2.19. The first-order valence-electron chi connectivity index (χ1n) is 20.2. The average Bonchev–Trinajstić information content (AvgIpc) is 3.61. The first-order chi connectivity index (χ1) is 27.5. The summed E-state index contributed by atoms with van der Waals surface area (Å²) in [6.07, 6.45) is 7.77. The number of aliphatic carboxylic acids is 2. The molecule has 0 radical (unpaired) electrons. The number of aryl methyl sites for hydroxylation is 2. The highest BCUT2D eigenvalue weighted by Crippen LogP contribution is 2.37. The average molecular weight is 803 g/mol. The second-order valence-electron chi connectivity index (χ2n) is 15.7. The van der Waals surface area contributed by atoms with Crippen LogP contribution in [0.15, 0.2) is 36.4 Å². The monoisotopic (exact) mass is 802 g/mol. The van der Waals surface area contributed by atoms with Gasteiger partial charge in [0.05, 0.1) is 32.9 Å². The molecule has 2 unspecified atom stereocenters. The molecular weight excluding hydrogens is 745 g/mol. The second-order valence-corrected chi connectivity index (χ2v) is 15.7. The van der Waals surface area contributed by atoms with Crippen molar-refractivity contribution in [1.82, 2.24) is 9.13 Å². The predicted octanol–water partition coefficient (Wildman–Crippen LogP) is 7.13. The van der Waals surface area contributed by atoms with Crippen LogP contribution in [0.3, 0.4) is 0 Å². The van der Waals surface area contributed by atoms with Crippen molar-refractivity contribution in [2.75, 3.05) is 0 Å². The van der Waals surface area contributed by atoms with Crippen molar-refractivity contribution >= 4 is 57.1 Å². The van der Waals surface area contributed by atoms with Gasteiger partial charge < -0.3 is 40.3 Å². The lowest BCUT2D eigenvalue weighted by Crippen LogP contribution is -2.32. The number of aromatic nitrogens is 2. The Balaban J connectivity index is 1.28. The molecule has 4 aromatic rings. The van der Waals surface area contributed by atoms with Crippen LogP contribution in [0.5, 0.6) is 11.5 Å². The van der Waals surface area contributed by atoms with E-state index < -0.39 is 47.5 Å². The molecule has 2 atom stereocenters. The molecule has 2 aromatic heterocycles. The van der Waals surface area contributed by atoms with Gasteiger partial charge in [-0.05, 0) is 51.0 Å². The highest BCUT2D eigenvalue weighted by atomic mass is 16.5. The fourth-order valence-corrected chi connectivity index (χ4v) is 7.73. The number of carboxylic acids is 2. The molecule has 2 heterocycles. The normalized spacial score (nSPS) is 12.6. The van der Waals surface area contributed by atoms with Gasteiger partial charge >= 0.3 is 11.9 Å². The van der Waals surface area contributed by atoms with E-state index in [-0.39, 0.29) is 34.5 Å². The fourth-order valence-electron chi connectivity index (χ4n) is 7.73. The quantitative estimate of drug-likeness (QED) is 0.0301. The Morgan fingerprint density at radius 1 is 0.552 bits per heavy atom. The summed E-state index contributed by atoms with van der Waals surface area (Å²) in [5, 5.41) is 20.2. The first-order valence-corrected chi connectivity index (χ1v) is 20.2. The molecule has 0 saturated carbocycles. The van der Waals surface area contributed by atoms with Gasteiger partial charge in [0.15, 0.2) is 12.2 Å². The molecule has 14 heteroatoms. The molecule has 0 aliphatic carbocycles. The predicted molar refractivity (Wildman–Crippen MR) is 220 cm³/mol. The number of benzene rings is 2. The molecule has 6 N–H and O–H groups in total. The summed E-state index contributed by atoms with van der Waals surface area (Å²) in [6, 6.07) is 10.4. The Morgan fingerprint density at radius 3 is 1.14 bits per heavy atom. The van der Waals surface area contributed by atoms with E-state index >= 15 is 0 Å². The number of fused-ring (bicyclic) bond motifs is 2. The van der Waals surface area contributed by atoms with E-state index in [9.17, 15) is 39.0 Å². The number of ketones is 2. The topological polar surface area (TPSA) is 223 Å². The second kappa shape index (κ2) is 20.2. The van der Waals surface area contributed by atoms with Crippen LogP contribution >= 0.6 is 0 Å². The summed E-state index contributed by atoms with van der Waals surface area (Å²) in [5.41, 5.74) is 13.7. The van der Waals surface area contributed by atoms with Crippen molar-refractivity contribution in [3.05, 3.63) is 58.9 Å². The maximum atomic E-state index is 13.0. The van der Waals surface area contributed by atoms with E-state index in [2.05, 4.69) is 0 Å². The van der Waals surface area contributed by atoms with E-state index in [1.54, 1.807) is 65.8 Å². The number of carbonyl (C=O) groups is 6. The smallest absolute Gasteiger partial charge is 0.345 e. The zero-order valence-electron chi connectivity index (χ0n) is 34.5. The number of unbranched alkanes of at least 4 members (excludes halogenated alkanes) is 9. The number of primary amides is 2. The van der Waals surface area contributed by atoms with Gasteiger partial charge in [-0.3, -0.25) is 19.2 Å². The van der Waals surface area contributed by atoms with Gasteiger partial charge in [0, 0.05) is 36.3 Å². The summed E-state index contributed by atoms with van der Waals surface area (Å²) in [5.74, 6) is -6.33. The van der Waals surface area contributed by atoms with Crippen LogP contribution in [0.4, 0.5) is 0 Å². The van der Waals surface area contributed by atoms with Gasteiger partial charge in [-0.1, -0.05) is 91.2 Å². The minimum atomic E-state index is -1.14. The number of carbonyl (C=O) groups excluding carboxylic acids is 4. The van der Waals surface area contributed by atoms with Crippen molar-refractivity contribution < 1.29 is 48.5 Å². The molecule has 2 amide bonds. The molecule has 2 aromatic carbocycles. The molecule has 0 fully saturated rings. The third-order valence-corrected chi connectivity index (χ3v) is 10.7. The molecule has 0 saturated heterocycles. The van der Waals surface area contributed by atoms with Crippen LogP contribution in [0.2, 0.25) is 0 Å². The Bertz CT molecular complexity index is 2010. The SMILES string of the molecule is Cc1c(C(=O)C(N)=O)c2c(OC(C(=O)O)C(C)C)cccc2n1CCCCCCCCCCCCn1c(C)c(C(=O)C(N)=O)c2c(OC(C(=O)O)C(C)C)cccc21. The van der Waals surface area contributed by atoms with Crippen LogP contribution in [0.25, 0.3) is 21.8 Å². The number of rotatable bonds is 25. The van der Waals surface area contributed by atoms with Gasteiger partial charge in [0.25, 0.3) is 23.4 Å². The van der Waals surface area contributed by atoms with Gasteiger partial charge in [0.1, 0.15) is 11.5 Å². The molecule has 0 spiro atoms. The van der Waals surface area contributed by atoms with E-state index in [1.165, 1.54) is 0 Å². The van der Waals surface area contributed by atoms with E-state index in [4.69, 9.17) is 20.9 Å². The molecule has 314 valence electrons. The summed E-state index contributed by atoms with van der Waals surface area (Å²) in [7, 11) is 0. The number of hydrogen-bond acceptors (Lipinski definition) is 8. The van der Waals surface area contributed by atoms with Gasteiger partial charge in [-0.15, -0.1) is 0 Å². The van der Waals surface area contributed by atoms with E-state index in [0.29, 0.717) is 46.3 Å². The van der Waals surface area contributed by atoms with Crippen LogP contribution in [-0.4, -0.2) is 66.9 Å². The molecule has 4 rings (SSSR count).